The van der Waals surface area contributed by atoms with Crippen LogP contribution in [0.25, 0.3) is 0 Å². The van der Waals surface area contributed by atoms with Gasteiger partial charge < -0.3 is 14.6 Å². The SMILES string of the molecule is Cc1nnc(CN2CCCC2C(=O)N2CCNCC2)o1. The minimum atomic E-state index is -0.0275. The zero-order chi connectivity index (χ0) is 13.9. The van der Waals surface area contributed by atoms with E-state index in [1.54, 1.807) is 6.92 Å². The molecule has 1 amide bonds. The van der Waals surface area contributed by atoms with E-state index < -0.39 is 0 Å². The molecule has 3 heterocycles. The summed E-state index contributed by atoms with van der Waals surface area (Å²) in [5.41, 5.74) is 0. The molecular formula is C13H21N5O2. The number of carbonyl (C=O) groups excluding carboxylic acids is 1. The van der Waals surface area contributed by atoms with Gasteiger partial charge in [0.15, 0.2) is 0 Å². The van der Waals surface area contributed by atoms with Crippen LogP contribution in [0.3, 0.4) is 0 Å². The number of aromatic nitrogens is 2. The quantitative estimate of drug-likeness (QED) is 0.824. The Hall–Kier alpha value is -1.47. The molecule has 2 fully saturated rings. The highest BCUT2D eigenvalue weighted by molar-refractivity contribution is 5.82. The Kier molecular flexibility index (Phi) is 3.98. The topological polar surface area (TPSA) is 74.5 Å². The summed E-state index contributed by atoms with van der Waals surface area (Å²) in [6.07, 6.45) is 1.98. The molecule has 0 radical (unpaired) electrons. The molecule has 2 aliphatic rings. The normalized spacial score (nSPS) is 24.2. The summed E-state index contributed by atoms with van der Waals surface area (Å²) in [6.45, 7) is 6.67. The van der Waals surface area contributed by atoms with E-state index in [2.05, 4.69) is 20.4 Å². The summed E-state index contributed by atoms with van der Waals surface area (Å²) in [7, 11) is 0. The van der Waals surface area contributed by atoms with Crippen molar-refractivity contribution in [1.29, 1.82) is 0 Å². The second-order valence-electron chi connectivity index (χ2n) is 5.42. The molecule has 2 saturated heterocycles. The average molecular weight is 279 g/mol. The second kappa shape index (κ2) is 5.88. The molecule has 2 aliphatic heterocycles. The highest BCUT2D eigenvalue weighted by atomic mass is 16.4. The number of aryl methyl sites for hydroxylation is 1. The van der Waals surface area contributed by atoms with E-state index in [0.717, 1.165) is 45.6 Å². The van der Waals surface area contributed by atoms with E-state index in [-0.39, 0.29) is 11.9 Å². The molecule has 1 unspecified atom stereocenters. The van der Waals surface area contributed by atoms with E-state index in [9.17, 15) is 4.79 Å². The molecule has 0 bridgehead atoms. The van der Waals surface area contributed by atoms with Crippen LogP contribution in [0.4, 0.5) is 0 Å². The fourth-order valence-corrected chi connectivity index (χ4v) is 2.97. The van der Waals surface area contributed by atoms with Crippen LogP contribution >= 0.6 is 0 Å². The first-order chi connectivity index (χ1) is 9.74. The van der Waals surface area contributed by atoms with Gasteiger partial charge in [0.05, 0.1) is 12.6 Å². The van der Waals surface area contributed by atoms with Crippen molar-refractivity contribution in [1.82, 2.24) is 25.3 Å². The van der Waals surface area contributed by atoms with Gasteiger partial charge in [-0.05, 0) is 19.4 Å². The Morgan fingerprint density at radius 1 is 1.35 bits per heavy atom. The van der Waals surface area contributed by atoms with Gasteiger partial charge in [0.25, 0.3) is 0 Å². The Morgan fingerprint density at radius 3 is 2.85 bits per heavy atom. The standard InChI is InChI=1S/C13H21N5O2/c1-10-15-16-12(20-10)9-18-6-2-3-11(18)13(19)17-7-4-14-5-8-17/h11,14H,2-9H2,1H3. The molecule has 7 heteroatoms. The maximum absolute atomic E-state index is 12.6. The van der Waals surface area contributed by atoms with Crippen molar-refractivity contribution in [3.05, 3.63) is 11.8 Å². The van der Waals surface area contributed by atoms with Crippen molar-refractivity contribution in [2.75, 3.05) is 32.7 Å². The van der Waals surface area contributed by atoms with Crippen LogP contribution in [0, 0.1) is 6.92 Å². The molecule has 110 valence electrons. The number of amides is 1. The molecular weight excluding hydrogens is 258 g/mol. The lowest BCUT2D eigenvalue weighted by Crippen LogP contribution is -2.52. The van der Waals surface area contributed by atoms with Crippen LogP contribution < -0.4 is 5.32 Å². The van der Waals surface area contributed by atoms with Gasteiger partial charge in [-0.3, -0.25) is 9.69 Å². The lowest BCUT2D eigenvalue weighted by Gasteiger charge is -2.32. The predicted molar refractivity (Wildman–Crippen MR) is 71.9 cm³/mol. The zero-order valence-electron chi connectivity index (χ0n) is 11.8. The number of rotatable bonds is 3. The van der Waals surface area contributed by atoms with Gasteiger partial charge in [0.2, 0.25) is 17.7 Å². The molecule has 7 nitrogen and oxygen atoms in total. The van der Waals surface area contributed by atoms with Crippen LogP contribution in [0.2, 0.25) is 0 Å². The third-order valence-electron chi connectivity index (χ3n) is 3.98. The molecule has 1 aromatic heterocycles. The fourth-order valence-electron chi connectivity index (χ4n) is 2.97. The van der Waals surface area contributed by atoms with Crippen molar-refractivity contribution in [3.63, 3.8) is 0 Å². The molecule has 1 aromatic rings. The van der Waals surface area contributed by atoms with Gasteiger partial charge in [-0.2, -0.15) is 0 Å². The molecule has 0 aromatic carbocycles. The molecule has 0 aliphatic carbocycles. The third-order valence-corrected chi connectivity index (χ3v) is 3.98. The number of likely N-dealkylation sites (tertiary alicyclic amines) is 1. The fraction of sp³-hybridized carbons (Fsp3) is 0.769. The van der Waals surface area contributed by atoms with Gasteiger partial charge in [-0.1, -0.05) is 0 Å². The summed E-state index contributed by atoms with van der Waals surface area (Å²) >= 11 is 0. The Labute approximate surface area is 118 Å². The summed E-state index contributed by atoms with van der Waals surface area (Å²) in [4.78, 5) is 16.7. The summed E-state index contributed by atoms with van der Waals surface area (Å²) in [5.74, 6) is 1.42. The number of hydrogen-bond donors (Lipinski definition) is 1. The van der Waals surface area contributed by atoms with Gasteiger partial charge in [0.1, 0.15) is 0 Å². The lowest BCUT2D eigenvalue weighted by molar-refractivity contribution is -0.136. The third kappa shape index (κ3) is 2.83. The van der Waals surface area contributed by atoms with E-state index in [4.69, 9.17) is 4.42 Å². The van der Waals surface area contributed by atoms with Gasteiger partial charge in [0, 0.05) is 33.1 Å². The van der Waals surface area contributed by atoms with Crippen molar-refractivity contribution in [2.24, 2.45) is 0 Å². The molecule has 1 atom stereocenters. The van der Waals surface area contributed by atoms with Crippen molar-refractivity contribution >= 4 is 5.91 Å². The first-order valence-electron chi connectivity index (χ1n) is 7.26. The number of nitrogens with one attached hydrogen (secondary N) is 1. The molecule has 0 spiro atoms. The van der Waals surface area contributed by atoms with Crippen LogP contribution in [0.5, 0.6) is 0 Å². The van der Waals surface area contributed by atoms with Gasteiger partial charge in [-0.25, -0.2) is 0 Å². The smallest absolute Gasteiger partial charge is 0.240 e. The van der Waals surface area contributed by atoms with Crippen LogP contribution in [0.1, 0.15) is 24.6 Å². The highest BCUT2D eigenvalue weighted by Crippen LogP contribution is 2.21. The van der Waals surface area contributed by atoms with Crippen molar-refractivity contribution < 1.29 is 9.21 Å². The molecule has 3 rings (SSSR count). The second-order valence-corrected chi connectivity index (χ2v) is 5.42. The number of carbonyl (C=O) groups is 1. The van der Waals surface area contributed by atoms with Crippen LogP contribution in [-0.4, -0.2) is 64.7 Å². The highest BCUT2D eigenvalue weighted by Gasteiger charge is 2.34. The molecule has 0 saturated carbocycles. The van der Waals surface area contributed by atoms with Crippen molar-refractivity contribution in [2.45, 2.75) is 32.4 Å². The average Bonchev–Trinajstić information content (AvgIpc) is 3.09. The summed E-state index contributed by atoms with van der Waals surface area (Å²) in [5, 5.41) is 11.1. The maximum atomic E-state index is 12.6. The Balaban J connectivity index is 1.63. The van der Waals surface area contributed by atoms with E-state index in [0.29, 0.717) is 18.3 Å². The first-order valence-corrected chi connectivity index (χ1v) is 7.26. The first kappa shape index (κ1) is 13.5. The van der Waals surface area contributed by atoms with Gasteiger partial charge in [-0.15, -0.1) is 10.2 Å². The van der Waals surface area contributed by atoms with Crippen LogP contribution in [-0.2, 0) is 11.3 Å². The predicted octanol–water partition coefficient (Wildman–Crippen LogP) is -0.226. The van der Waals surface area contributed by atoms with E-state index in [1.807, 2.05) is 4.90 Å². The van der Waals surface area contributed by atoms with E-state index in [1.165, 1.54) is 0 Å². The largest absolute Gasteiger partial charge is 0.424 e. The monoisotopic (exact) mass is 279 g/mol. The van der Waals surface area contributed by atoms with Crippen molar-refractivity contribution in [3.8, 4) is 0 Å². The number of hydrogen-bond acceptors (Lipinski definition) is 6. The number of piperazine rings is 1. The van der Waals surface area contributed by atoms with E-state index >= 15 is 0 Å². The number of nitrogens with zero attached hydrogens (tertiary/aromatic N) is 4. The van der Waals surface area contributed by atoms with Gasteiger partial charge >= 0.3 is 0 Å². The molecule has 20 heavy (non-hydrogen) atoms. The zero-order valence-corrected chi connectivity index (χ0v) is 11.8. The molecule has 1 N–H and O–H groups in total. The minimum Gasteiger partial charge on any atom is -0.424 e. The lowest BCUT2D eigenvalue weighted by atomic mass is 10.1. The summed E-state index contributed by atoms with van der Waals surface area (Å²) < 4.78 is 5.42. The maximum Gasteiger partial charge on any atom is 0.240 e. The summed E-state index contributed by atoms with van der Waals surface area (Å²) in [6, 6.07) is -0.0275. The Bertz CT molecular complexity index is 469. The minimum absolute atomic E-state index is 0.0275. The Morgan fingerprint density at radius 2 is 2.15 bits per heavy atom. The van der Waals surface area contributed by atoms with Crippen LogP contribution in [0.15, 0.2) is 4.42 Å².